The molecule has 0 heterocycles. The third-order valence-electron chi connectivity index (χ3n) is 2.91. The van der Waals surface area contributed by atoms with Gasteiger partial charge in [0.05, 0.1) is 11.4 Å². The predicted molar refractivity (Wildman–Crippen MR) is 92.3 cm³/mol. The molecule has 20 heavy (non-hydrogen) atoms. The molecule has 0 N–H and O–H groups in total. The number of ether oxygens (including phenoxy) is 1. The molecular formula is C16H15Br2ClO. The van der Waals surface area contributed by atoms with Crippen LogP contribution >= 0.6 is 43.5 Å². The zero-order valence-electron chi connectivity index (χ0n) is 11.3. The molecule has 2 rings (SSSR count). The Hall–Kier alpha value is -0.510. The maximum Gasteiger partial charge on any atom is 0.120 e. The van der Waals surface area contributed by atoms with Gasteiger partial charge in [0.25, 0.3) is 0 Å². The molecule has 0 aliphatic rings. The quantitative estimate of drug-likeness (QED) is 0.530. The molecule has 0 radical (unpaired) electrons. The number of halogens is 3. The first-order valence-electron chi connectivity index (χ1n) is 6.34. The second-order valence-electron chi connectivity index (χ2n) is 4.54. The lowest BCUT2D eigenvalue weighted by molar-refractivity contribution is 0.340. The Morgan fingerprint density at radius 3 is 2.55 bits per heavy atom. The molecule has 0 spiro atoms. The first-order chi connectivity index (χ1) is 9.51. The van der Waals surface area contributed by atoms with E-state index < -0.39 is 0 Å². The van der Waals surface area contributed by atoms with Crippen molar-refractivity contribution in [2.75, 3.05) is 6.61 Å². The van der Waals surface area contributed by atoms with Gasteiger partial charge in [0.2, 0.25) is 0 Å². The monoisotopic (exact) mass is 416 g/mol. The van der Waals surface area contributed by atoms with E-state index in [9.17, 15) is 0 Å². The highest BCUT2D eigenvalue weighted by Crippen LogP contribution is 2.38. The van der Waals surface area contributed by atoms with Crippen LogP contribution in [0.3, 0.4) is 0 Å². The van der Waals surface area contributed by atoms with Crippen LogP contribution in [-0.2, 0) is 0 Å². The van der Waals surface area contributed by atoms with Gasteiger partial charge < -0.3 is 4.74 Å². The lowest BCUT2D eigenvalue weighted by Gasteiger charge is -2.15. The number of aryl methyl sites for hydroxylation is 1. The molecule has 2 aromatic carbocycles. The van der Waals surface area contributed by atoms with Crippen molar-refractivity contribution in [2.45, 2.75) is 18.7 Å². The van der Waals surface area contributed by atoms with Crippen molar-refractivity contribution in [2.24, 2.45) is 0 Å². The van der Waals surface area contributed by atoms with Crippen molar-refractivity contribution in [1.29, 1.82) is 0 Å². The van der Waals surface area contributed by atoms with E-state index in [2.05, 4.69) is 44.0 Å². The highest BCUT2D eigenvalue weighted by Gasteiger charge is 2.15. The number of benzene rings is 2. The third-order valence-corrected chi connectivity index (χ3v) is 4.84. The Balaban J connectivity index is 2.35. The number of hydrogen-bond acceptors (Lipinski definition) is 1. The van der Waals surface area contributed by atoms with E-state index in [1.807, 2.05) is 38.1 Å². The predicted octanol–water partition coefficient (Wildman–Crippen LogP) is 6.29. The summed E-state index contributed by atoms with van der Waals surface area (Å²) in [5.41, 5.74) is 3.44. The molecule has 0 bridgehead atoms. The van der Waals surface area contributed by atoms with Crippen molar-refractivity contribution in [3.63, 3.8) is 0 Å². The van der Waals surface area contributed by atoms with Gasteiger partial charge in [-0.2, -0.15) is 0 Å². The van der Waals surface area contributed by atoms with E-state index in [0.717, 1.165) is 31.9 Å². The highest BCUT2D eigenvalue weighted by atomic mass is 79.9. The van der Waals surface area contributed by atoms with Gasteiger partial charge in [0.1, 0.15) is 5.75 Å². The minimum atomic E-state index is 0.0879. The van der Waals surface area contributed by atoms with Gasteiger partial charge in [-0.15, -0.1) is 0 Å². The van der Waals surface area contributed by atoms with Gasteiger partial charge in [-0.25, -0.2) is 0 Å². The fourth-order valence-corrected chi connectivity index (χ4v) is 3.92. The molecule has 2 aromatic rings. The van der Waals surface area contributed by atoms with Gasteiger partial charge in [0, 0.05) is 9.50 Å². The average Bonchev–Trinajstić information content (AvgIpc) is 2.37. The summed E-state index contributed by atoms with van der Waals surface area (Å²) in [6.07, 6.45) is 0. The summed E-state index contributed by atoms with van der Waals surface area (Å²) in [6, 6.07) is 12.1. The van der Waals surface area contributed by atoms with Gasteiger partial charge >= 0.3 is 0 Å². The van der Waals surface area contributed by atoms with E-state index in [0.29, 0.717) is 6.61 Å². The Kier molecular flexibility index (Phi) is 5.53. The van der Waals surface area contributed by atoms with Gasteiger partial charge in [0.15, 0.2) is 0 Å². The normalized spacial score (nSPS) is 12.2. The lowest BCUT2D eigenvalue weighted by atomic mass is 10.0. The minimum absolute atomic E-state index is 0.0879. The van der Waals surface area contributed by atoms with Crippen LogP contribution in [0.4, 0.5) is 0 Å². The molecule has 0 aliphatic heterocycles. The molecule has 0 saturated carbocycles. The Morgan fingerprint density at radius 1 is 1.20 bits per heavy atom. The van der Waals surface area contributed by atoms with Crippen LogP contribution in [0.25, 0.3) is 0 Å². The molecule has 0 saturated heterocycles. The lowest BCUT2D eigenvalue weighted by Crippen LogP contribution is -1.97. The molecule has 1 unspecified atom stereocenters. The van der Waals surface area contributed by atoms with Crippen LogP contribution in [0, 0.1) is 6.92 Å². The standard InChI is InChI=1S/C16H15Br2ClO/c1-3-20-13-4-5-14(15(17)9-13)16(18)11-6-10(2)7-12(19)8-11/h4-9,16H,3H2,1-2H3. The SMILES string of the molecule is CCOc1ccc(C(Br)c2cc(C)cc(Cl)c2)c(Br)c1. The van der Waals surface area contributed by atoms with Crippen LogP contribution in [0.5, 0.6) is 5.75 Å². The zero-order chi connectivity index (χ0) is 14.7. The molecule has 1 atom stereocenters. The largest absolute Gasteiger partial charge is 0.494 e. The van der Waals surface area contributed by atoms with Gasteiger partial charge in [-0.3, -0.25) is 0 Å². The summed E-state index contributed by atoms with van der Waals surface area (Å²) in [6.45, 7) is 4.68. The van der Waals surface area contributed by atoms with E-state index in [1.165, 1.54) is 0 Å². The van der Waals surface area contributed by atoms with E-state index in [4.69, 9.17) is 16.3 Å². The highest BCUT2D eigenvalue weighted by molar-refractivity contribution is 9.11. The van der Waals surface area contributed by atoms with Crippen molar-refractivity contribution in [3.8, 4) is 5.75 Å². The Morgan fingerprint density at radius 2 is 1.95 bits per heavy atom. The molecule has 0 amide bonds. The third kappa shape index (κ3) is 3.78. The van der Waals surface area contributed by atoms with Crippen molar-refractivity contribution < 1.29 is 4.74 Å². The average molecular weight is 419 g/mol. The second-order valence-corrected chi connectivity index (χ2v) is 6.75. The summed E-state index contributed by atoms with van der Waals surface area (Å²) in [5.74, 6) is 0.866. The molecule has 106 valence electrons. The van der Waals surface area contributed by atoms with Crippen LogP contribution in [0.1, 0.15) is 28.4 Å². The number of hydrogen-bond donors (Lipinski definition) is 0. The van der Waals surface area contributed by atoms with E-state index >= 15 is 0 Å². The first-order valence-corrected chi connectivity index (χ1v) is 8.43. The zero-order valence-corrected chi connectivity index (χ0v) is 15.2. The van der Waals surface area contributed by atoms with Crippen LogP contribution < -0.4 is 4.74 Å². The summed E-state index contributed by atoms with van der Waals surface area (Å²) in [7, 11) is 0. The Labute approximate surface area is 141 Å². The molecule has 0 aliphatic carbocycles. The molecule has 0 aromatic heterocycles. The van der Waals surface area contributed by atoms with Crippen molar-refractivity contribution >= 4 is 43.5 Å². The molecule has 4 heteroatoms. The summed E-state index contributed by atoms with van der Waals surface area (Å²) < 4.78 is 6.52. The topological polar surface area (TPSA) is 9.23 Å². The maximum atomic E-state index is 6.14. The van der Waals surface area contributed by atoms with Gasteiger partial charge in [-0.05, 0) is 54.8 Å². The second kappa shape index (κ2) is 6.97. The van der Waals surface area contributed by atoms with Gasteiger partial charge in [-0.1, -0.05) is 55.6 Å². The molecule has 0 fully saturated rings. The van der Waals surface area contributed by atoms with E-state index in [-0.39, 0.29) is 4.83 Å². The maximum absolute atomic E-state index is 6.14. The summed E-state index contributed by atoms with van der Waals surface area (Å²) in [4.78, 5) is 0.0879. The van der Waals surface area contributed by atoms with Crippen molar-refractivity contribution in [1.82, 2.24) is 0 Å². The first kappa shape index (κ1) is 15.9. The minimum Gasteiger partial charge on any atom is -0.494 e. The fourth-order valence-electron chi connectivity index (χ4n) is 2.06. The number of rotatable bonds is 4. The Bertz CT molecular complexity index is 593. The smallest absolute Gasteiger partial charge is 0.120 e. The fraction of sp³-hybridized carbons (Fsp3) is 0.250. The summed E-state index contributed by atoms with van der Waals surface area (Å²) in [5, 5.41) is 0.756. The van der Waals surface area contributed by atoms with Crippen LogP contribution in [0.2, 0.25) is 5.02 Å². The van der Waals surface area contributed by atoms with E-state index in [1.54, 1.807) is 0 Å². The number of alkyl halides is 1. The molecule has 1 nitrogen and oxygen atoms in total. The summed E-state index contributed by atoms with van der Waals surface area (Å²) >= 11 is 13.5. The van der Waals surface area contributed by atoms with Crippen LogP contribution in [-0.4, -0.2) is 6.61 Å². The van der Waals surface area contributed by atoms with Crippen LogP contribution in [0.15, 0.2) is 40.9 Å². The van der Waals surface area contributed by atoms with Crippen molar-refractivity contribution in [3.05, 3.63) is 62.6 Å². The molecular weight excluding hydrogens is 403 g/mol.